The second-order valence-corrected chi connectivity index (χ2v) is 5.13. The Morgan fingerprint density at radius 1 is 1.47 bits per heavy atom. The molecule has 1 amide bonds. The summed E-state index contributed by atoms with van der Waals surface area (Å²) in [7, 11) is 0. The van der Waals surface area contributed by atoms with Crippen LogP contribution in [-0.4, -0.2) is 19.0 Å². The normalized spacial score (nSPS) is 10.3. The van der Waals surface area contributed by atoms with Gasteiger partial charge in [-0.05, 0) is 23.6 Å². The van der Waals surface area contributed by atoms with Crippen molar-refractivity contribution in [3.8, 4) is 6.07 Å². The summed E-state index contributed by atoms with van der Waals surface area (Å²) in [5.74, 6) is 0.412. The van der Waals surface area contributed by atoms with Crippen molar-refractivity contribution in [2.24, 2.45) is 5.92 Å². The summed E-state index contributed by atoms with van der Waals surface area (Å²) < 4.78 is 0. The molecule has 0 spiro atoms. The first-order valence-corrected chi connectivity index (χ1v) is 6.56. The summed E-state index contributed by atoms with van der Waals surface area (Å²) in [6.45, 7) is 5.52. The molecule has 0 radical (unpaired) electrons. The third-order valence-corrected chi connectivity index (χ3v) is 2.84. The van der Waals surface area contributed by atoms with E-state index in [2.05, 4.69) is 10.6 Å². The summed E-state index contributed by atoms with van der Waals surface area (Å²) in [5, 5.41) is 15.1. The molecule has 5 heteroatoms. The van der Waals surface area contributed by atoms with Crippen LogP contribution in [0, 0.1) is 17.2 Å². The lowest BCUT2D eigenvalue weighted by Crippen LogP contribution is -2.35. The molecule has 0 aliphatic heterocycles. The molecule has 1 aromatic carbocycles. The van der Waals surface area contributed by atoms with E-state index in [1.807, 2.05) is 19.9 Å². The van der Waals surface area contributed by atoms with Gasteiger partial charge in [-0.2, -0.15) is 5.26 Å². The molecule has 0 bridgehead atoms. The summed E-state index contributed by atoms with van der Waals surface area (Å²) in [4.78, 5) is 11.5. The average Bonchev–Trinajstić information content (AvgIpc) is 2.38. The lowest BCUT2D eigenvalue weighted by Gasteiger charge is -2.09. The Hall–Kier alpha value is -1.57. The van der Waals surface area contributed by atoms with Crippen LogP contribution in [0.4, 0.5) is 0 Å². The molecule has 0 aliphatic rings. The number of nitriles is 1. The van der Waals surface area contributed by atoms with Crippen LogP contribution in [0.5, 0.6) is 0 Å². The molecule has 0 unspecified atom stereocenters. The minimum atomic E-state index is -0.0292. The van der Waals surface area contributed by atoms with E-state index < -0.39 is 0 Å². The molecule has 0 aliphatic carbocycles. The van der Waals surface area contributed by atoms with Crippen LogP contribution in [-0.2, 0) is 11.3 Å². The minimum absolute atomic E-state index is 0.0292. The van der Waals surface area contributed by atoms with Crippen molar-refractivity contribution < 1.29 is 4.79 Å². The molecule has 4 nitrogen and oxygen atoms in total. The predicted octanol–water partition coefficient (Wildman–Crippen LogP) is 2.07. The Bertz CT molecular complexity index is 480. The number of carbonyl (C=O) groups excluding carboxylic acids is 1. The van der Waals surface area contributed by atoms with Crippen molar-refractivity contribution in [2.75, 3.05) is 13.1 Å². The van der Waals surface area contributed by atoms with Gasteiger partial charge in [-0.3, -0.25) is 4.79 Å². The second-order valence-electron chi connectivity index (χ2n) is 4.72. The fraction of sp³-hybridized carbons (Fsp3) is 0.429. The largest absolute Gasteiger partial charge is 0.355 e. The fourth-order valence-electron chi connectivity index (χ4n) is 1.45. The van der Waals surface area contributed by atoms with Gasteiger partial charge in [-0.15, -0.1) is 0 Å². The zero-order valence-corrected chi connectivity index (χ0v) is 11.9. The quantitative estimate of drug-likeness (QED) is 0.838. The zero-order chi connectivity index (χ0) is 14.3. The molecule has 2 N–H and O–H groups in total. The van der Waals surface area contributed by atoms with Crippen molar-refractivity contribution in [1.82, 2.24) is 10.6 Å². The molecule has 19 heavy (non-hydrogen) atoms. The van der Waals surface area contributed by atoms with Crippen LogP contribution in [0.15, 0.2) is 18.2 Å². The van der Waals surface area contributed by atoms with Gasteiger partial charge in [0.25, 0.3) is 0 Å². The van der Waals surface area contributed by atoms with Crippen LogP contribution < -0.4 is 10.6 Å². The third-order valence-electron chi connectivity index (χ3n) is 2.49. The SMILES string of the molecule is CC(C)CNC(=O)CNCc1ccc(C#N)cc1Cl. The van der Waals surface area contributed by atoms with Crippen molar-refractivity contribution in [2.45, 2.75) is 20.4 Å². The average molecular weight is 280 g/mol. The fourth-order valence-corrected chi connectivity index (χ4v) is 1.70. The van der Waals surface area contributed by atoms with Crippen LogP contribution in [0.2, 0.25) is 5.02 Å². The standard InChI is InChI=1S/C14H18ClN3O/c1-10(2)7-18-14(19)9-17-8-12-4-3-11(6-16)5-13(12)15/h3-5,10,17H,7-9H2,1-2H3,(H,18,19). The maximum absolute atomic E-state index is 11.5. The Kier molecular flexibility index (Phi) is 6.34. The molecule has 0 saturated heterocycles. The van der Waals surface area contributed by atoms with Gasteiger partial charge in [-0.25, -0.2) is 0 Å². The van der Waals surface area contributed by atoms with E-state index in [-0.39, 0.29) is 12.5 Å². The van der Waals surface area contributed by atoms with Crippen molar-refractivity contribution in [1.29, 1.82) is 5.26 Å². The Balaban J connectivity index is 2.37. The van der Waals surface area contributed by atoms with Crippen LogP contribution in [0.3, 0.4) is 0 Å². The Morgan fingerprint density at radius 3 is 2.79 bits per heavy atom. The van der Waals surface area contributed by atoms with Gasteiger partial charge in [-0.1, -0.05) is 31.5 Å². The van der Waals surface area contributed by atoms with E-state index in [0.717, 1.165) is 5.56 Å². The van der Waals surface area contributed by atoms with E-state index in [4.69, 9.17) is 16.9 Å². The van der Waals surface area contributed by atoms with E-state index in [0.29, 0.717) is 29.6 Å². The molecule has 0 aromatic heterocycles. The van der Waals surface area contributed by atoms with Crippen molar-refractivity contribution in [3.63, 3.8) is 0 Å². The number of carbonyl (C=O) groups is 1. The van der Waals surface area contributed by atoms with E-state index in [9.17, 15) is 4.79 Å². The second kappa shape index (κ2) is 7.78. The minimum Gasteiger partial charge on any atom is -0.355 e. The van der Waals surface area contributed by atoms with Gasteiger partial charge < -0.3 is 10.6 Å². The number of nitrogens with one attached hydrogen (secondary N) is 2. The topological polar surface area (TPSA) is 64.9 Å². The third kappa shape index (κ3) is 5.73. The van der Waals surface area contributed by atoms with Crippen molar-refractivity contribution in [3.05, 3.63) is 34.3 Å². The highest BCUT2D eigenvalue weighted by atomic mass is 35.5. The van der Waals surface area contributed by atoms with Gasteiger partial charge in [0.05, 0.1) is 18.2 Å². The lowest BCUT2D eigenvalue weighted by atomic mass is 10.1. The van der Waals surface area contributed by atoms with Gasteiger partial charge in [0, 0.05) is 18.1 Å². The van der Waals surface area contributed by atoms with Gasteiger partial charge in [0.15, 0.2) is 0 Å². The zero-order valence-electron chi connectivity index (χ0n) is 11.2. The van der Waals surface area contributed by atoms with Gasteiger partial charge in [0.2, 0.25) is 5.91 Å². The number of nitrogens with zero attached hydrogens (tertiary/aromatic N) is 1. The highest BCUT2D eigenvalue weighted by Gasteiger charge is 2.04. The Morgan fingerprint density at radius 2 is 2.21 bits per heavy atom. The lowest BCUT2D eigenvalue weighted by molar-refractivity contribution is -0.120. The van der Waals surface area contributed by atoms with Crippen LogP contribution >= 0.6 is 11.6 Å². The summed E-state index contributed by atoms with van der Waals surface area (Å²) in [5.41, 5.74) is 1.40. The highest BCUT2D eigenvalue weighted by molar-refractivity contribution is 6.31. The highest BCUT2D eigenvalue weighted by Crippen LogP contribution is 2.17. The van der Waals surface area contributed by atoms with E-state index in [1.54, 1.807) is 18.2 Å². The first-order valence-electron chi connectivity index (χ1n) is 6.19. The summed E-state index contributed by atoms with van der Waals surface area (Å²) in [6, 6.07) is 7.15. The van der Waals surface area contributed by atoms with E-state index >= 15 is 0 Å². The molecule has 1 rings (SSSR count). The predicted molar refractivity (Wildman–Crippen MR) is 75.7 cm³/mol. The summed E-state index contributed by atoms with van der Waals surface area (Å²) in [6.07, 6.45) is 0. The van der Waals surface area contributed by atoms with E-state index in [1.165, 1.54) is 0 Å². The number of halogens is 1. The first-order chi connectivity index (χ1) is 9.02. The summed E-state index contributed by atoms with van der Waals surface area (Å²) >= 11 is 6.03. The maximum atomic E-state index is 11.5. The molecule has 1 aromatic rings. The number of hydrogen-bond acceptors (Lipinski definition) is 3. The number of hydrogen-bond donors (Lipinski definition) is 2. The van der Waals surface area contributed by atoms with Crippen LogP contribution in [0.25, 0.3) is 0 Å². The molecule has 0 saturated carbocycles. The number of amides is 1. The molecule has 0 atom stereocenters. The monoisotopic (exact) mass is 279 g/mol. The number of benzene rings is 1. The molecular formula is C14H18ClN3O. The maximum Gasteiger partial charge on any atom is 0.233 e. The first kappa shape index (κ1) is 15.5. The van der Waals surface area contributed by atoms with Gasteiger partial charge >= 0.3 is 0 Å². The molecule has 0 fully saturated rings. The Labute approximate surface area is 118 Å². The molecular weight excluding hydrogens is 262 g/mol. The van der Waals surface area contributed by atoms with Crippen LogP contribution in [0.1, 0.15) is 25.0 Å². The smallest absolute Gasteiger partial charge is 0.233 e. The van der Waals surface area contributed by atoms with Crippen molar-refractivity contribution >= 4 is 17.5 Å². The number of rotatable bonds is 6. The molecule has 102 valence electrons. The van der Waals surface area contributed by atoms with Gasteiger partial charge in [0.1, 0.15) is 0 Å². The molecule has 0 heterocycles.